The molecule has 0 atom stereocenters. The van der Waals surface area contributed by atoms with E-state index in [1.807, 2.05) is 6.92 Å². The number of anilines is 2. The lowest BCUT2D eigenvalue weighted by Gasteiger charge is -2.15. The number of nitrogens with two attached hydrogens (primary N) is 1. The number of carbonyl (C=O) groups excluding carboxylic acids is 1. The molecule has 0 bridgehead atoms. The van der Waals surface area contributed by atoms with Crippen LogP contribution in [-0.4, -0.2) is 24.5 Å². The highest BCUT2D eigenvalue weighted by Gasteiger charge is 2.07. The van der Waals surface area contributed by atoms with Crippen molar-refractivity contribution in [3.63, 3.8) is 0 Å². The van der Waals surface area contributed by atoms with Crippen LogP contribution in [0.1, 0.15) is 6.92 Å². The number of nitrogen functional groups attached to an aromatic ring is 1. The molecule has 0 fully saturated rings. The highest BCUT2D eigenvalue weighted by atomic mass is 19.1. The minimum atomic E-state index is -0.489. The smallest absolute Gasteiger partial charge is 0.321 e. The molecule has 0 aliphatic heterocycles. The van der Waals surface area contributed by atoms with Crippen molar-refractivity contribution in [1.29, 1.82) is 0 Å². The molecule has 3 N–H and O–H groups in total. The first-order valence-corrected chi connectivity index (χ1v) is 4.61. The fourth-order valence-electron chi connectivity index (χ4n) is 0.984. The number of rotatable bonds is 2. The molecule has 4 nitrogen and oxygen atoms in total. The summed E-state index contributed by atoms with van der Waals surface area (Å²) >= 11 is 0. The van der Waals surface area contributed by atoms with Gasteiger partial charge in [0.25, 0.3) is 0 Å². The summed E-state index contributed by atoms with van der Waals surface area (Å²) in [5.41, 5.74) is 5.87. The van der Waals surface area contributed by atoms with Gasteiger partial charge < -0.3 is 16.0 Å². The number of urea groups is 1. The van der Waals surface area contributed by atoms with Gasteiger partial charge in [-0.2, -0.15) is 0 Å². The molecule has 0 heterocycles. The Labute approximate surface area is 87.9 Å². The maximum absolute atomic E-state index is 12.8. The topological polar surface area (TPSA) is 58.4 Å². The van der Waals surface area contributed by atoms with Crippen molar-refractivity contribution in [2.45, 2.75) is 6.92 Å². The zero-order chi connectivity index (χ0) is 11.4. The minimum absolute atomic E-state index is 0.0203. The van der Waals surface area contributed by atoms with E-state index in [1.54, 1.807) is 7.05 Å². The largest absolute Gasteiger partial charge is 0.396 e. The highest BCUT2D eigenvalue weighted by molar-refractivity contribution is 5.89. The van der Waals surface area contributed by atoms with Gasteiger partial charge in [-0.25, -0.2) is 9.18 Å². The molecule has 0 spiro atoms. The second-order valence-corrected chi connectivity index (χ2v) is 3.18. The van der Waals surface area contributed by atoms with E-state index in [0.717, 1.165) is 0 Å². The standard InChI is InChI=1S/C10H14FN3O/c1-3-14(2)10(15)13-7-4-5-8(11)9(12)6-7/h4-6H,3,12H2,1-2H3,(H,13,15). The van der Waals surface area contributed by atoms with Gasteiger partial charge in [-0.15, -0.1) is 0 Å². The van der Waals surface area contributed by atoms with E-state index in [-0.39, 0.29) is 11.7 Å². The predicted octanol–water partition coefficient (Wildman–Crippen LogP) is 1.89. The van der Waals surface area contributed by atoms with Crippen molar-refractivity contribution in [1.82, 2.24) is 4.90 Å². The number of hydrogen-bond acceptors (Lipinski definition) is 2. The molecule has 0 radical (unpaired) electrons. The maximum atomic E-state index is 12.8. The number of nitrogens with one attached hydrogen (secondary N) is 1. The SMILES string of the molecule is CCN(C)C(=O)Nc1ccc(F)c(N)c1. The Morgan fingerprint density at radius 3 is 2.80 bits per heavy atom. The predicted molar refractivity (Wildman–Crippen MR) is 58.1 cm³/mol. The van der Waals surface area contributed by atoms with E-state index >= 15 is 0 Å². The van der Waals surface area contributed by atoms with Gasteiger partial charge in [-0.3, -0.25) is 0 Å². The number of carbonyl (C=O) groups is 1. The van der Waals surface area contributed by atoms with Crippen LogP contribution in [0.5, 0.6) is 0 Å². The zero-order valence-electron chi connectivity index (χ0n) is 8.75. The molecule has 0 aliphatic rings. The molecule has 1 aromatic rings. The first-order chi connectivity index (χ1) is 7.04. The molecule has 82 valence electrons. The number of hydrogen-bond donors (Lipinski definition) is 2. The molecular weight excluding hydrogens is 197 g/mol. The quantitative estimate of drug-likeness (QED) is 0.734. The molecular formula is C10H14FN3O. The van der Waals surface area contributed by atoms with Crippen LogP contribution in [-0.2, 0) is 0 Å². The third kappa shape index (κ3) is 2.83. The van der Waals surface area contributed by atoms with Crippen LogP contribution in [0.15, 0.2) is 18.2 Å². The molecule has 5 heteroatoms. The van der Waals surface area contributed by atoms with Gasteiger partial charge in [0.2, 0.25) is 0 Å². The fourth-order valence-corrected chi connectivity index (χ4v) is 0.984. The van der Waals surface area contributed by atoms with Crippen LogP contribution in [0, 0.1) is 5.82 Å². The Balaban J connectivity index is 2.73. The normalized spacial score (nSPS) is 9.80. The van der Waals surface area contributed by atoms with E-state index in [0.29, 0.717) is 12.2 Å². The summed E-state index contributed by atoms with van der Waals surface area (Å²) in [5.74, 6) is -0.489. The van der Waals surface area contributed by atoms with Crippen molar-refractivity contribution in [3.8, 4) is 0 Å². The molecule has 0 saturated heterocycles. The van der Waals surface area contributed by atoms with Gasteiger partial charge in [0, 0.05) is 19.3 Å². The summed E-state index contributed by atoms with van der Waals surface area (Å²) in [6.07, 6.45) is 0. The Morgan fingerprint density at radius 2 is 2.27 bits per heavy atom. The summed E-state index contributed by atoms with van der Waals surface area (Å²) in [4.78, 5) is 12.9. The summed E-state index contributed by atoms with van der Waals surface area (Å²) in [6.45, 7) is 2.46. The van der Waals surface area contributed by atoms with E-state index in [4.69, 9.17) is 5.73 Å². The van der Waals surface area contributed by atoms with Gasteiger partial charge in [-0.05, 0) is 25.1 Å². The van der Waals surface area contributed by atoms with E-state index < -0.39 is 5.82 Å². The number of amides is 2. The lowest BCUT2D eigenvalue weighted by atomic mass is 10.2. The van der Waals surface area contributed by atoms with Crippen molar-refractivity contribution in [2.75, 3.05) is 24.6 Å². The summed E-state index contributed by atoms with van der Waals surface area (Å²) in [5, 5.41) is 2.60. The highest BCUT2D eigenvalue weighted by Crippen LogP contribution is 2.16. The maximum Gasteiger partial charge on any atom is 0.321 e. The van der Waals surface area contributed by atoms with Gasteiger partial charge in [-0.1, -0.05) is 0 Å². The van der Waals surface area contributed by atoms with Gasteiger partial charge in [0.05, 0.1) is 5.69 Å². The molecule has 2 amide bonds. The third-order valence-electron chi connectivity index (χ3n) is 2.07. The number of nitrogens with zero attached hydrogens (tertiary/aromatic N) is 1. The molecule has 0 aromatic heterocycles. The van der Waals surface area contributed by atoms with Crippen LogP contribution in [0.2, 0.25) is 0 Å². The Morgan fingerprint density at radius 1 is 1.60 bits per heavy atom. The van der Waals surface area contributed by atoms with Crippen LogP contribution in [0.3, 0.4) is 0 Å². The van der Waals surface area contributed by atoms with E-state index in [1.165, 1.54) is 23.1 Å². The molecule has 15 heavy (non-hydrogen) atoms. The van der Waals surface area contributed by atoms with Gasteiger partial charge >= 0.3 is 6.03 Å². The first kappa shape index (κ1) is 11.3. The second-order valence-electron chi connectivity index (χ2n) is 3.18. The van der Waals surface area contributed by atoms with Crippen molar-refractivity contribution in [3.05, 3.63) is 24.0 Å². The molecule has 0 aliphatic carbocycles. The monoisotopic (exact) mass is 211 g/mol. The summed E-state index contributed by atoms with van der Waals surface area (Å²) < 4.78 is 12.8. The molecule has 0 unspecified atom stereocenters. The summed E-state index contributed by atoms with van der Waals surface area (Å²) in [6, 6.07) is 3.82. The molecule has 1 rings (SSSR count). The van der Waals surface area contributed by atoms with Crippen molar-refractivity contribution >= 4 is 17.4 Å². The van der Waals surface area contributed by atoms with Crippen LogP contribution >= 0.6 is 0 Å². The van der Waals surface area contributed by atoms with Crippen LogP contribution < -0.4 is 11.1 Å². The average molecular weight is 211 g/mol. The van der Waals surface area contributed by atoms with Crippen molar-refractivity contribution < 1.29 is 9.18 Å². The lowest BCUT2D eigenvalue weighted by Crippen LogP contribution is -2.30. The number of benzene rings is 1. The first-order valence-electron chi connectivity index (χ1n) is 4.61. The lowest BCUT2D eigenvalue weighted by molar-refractivity contribution is 0.224. The fraction of sp³-hybridized carbons (Fsp3) is 0.300. The van der Waals surface area contributed by atoms with E-state index in [2.05, 4.69) is 5.32 Å². The van der Waals surface area contributed by atoms with E-state index in [9.17, 15) is 9.18 Å². The third-order valence-corrected chi connectivity index (χ3v) is 2.07. The van der Waals surface area contributed by atoms with Crippen LogP contribution in [0.4, 0.5) is 20.6 Å². The second kappa shape index (κ2) is 4.63. The molecule has 0 saturated carbocycles. The Bertz CT molecular complexity index is 368. The Kier molecular flexibility index (Phi) is 3.49. The van der Waals surface area contributed by atoms with Crippen molar-refractivity contribution in [2.24, 2.45) is 0 Å². The summed E-state index contributed by atoms with van der Waals surface area (Å²) in [7, 11) is 1.67. The van der Waals surface area contributed by atoms with Gasteiger partial charge in [0.15, 0.2) is 0 Å². The zero-order valence-corrected chi connectivity index (χ0v) is 8.75. The minimum Gasteiger partial charge on any atom is -0.396 e. The average Bonchev–Trinajstić information content (AvgIpc) is 2.22. The molecule has 1 aromatic carbocycles. The number of halogens is 1. The Hall–Kier alpha value is -1.78. The van der Waals surface area contributed by atoms with Crippen LogP contribution in [0.25, 0.3) is 0 Å². The van der Waals surface area contributed by atoms with Gasteiger partial charge in [0.1, 0.15) is 5.82 Å².